The Balaban J connectivity index is 1.45. The number of nitrogens with zero attached hydrogens (tertiary/aromatic N) is 2. The molecular weight excluding hydrogens is 638 g/mol. The Labute approximate surface area is 273 Å². The Morgan fingerprint density at radius 2 is 1.52 bits per heavy atom. The van der Waals surface area contributed by atoms with Gasteiger partial charge in [-0.3, -0.25) is 24.1 Å². The lowest BCUT2D eigenvalue weighted by Gasteiger charge is -2.50. The summed E-state index contributed by atoms with van der Waals surface area (Å²) in [5.74, 6) is -6.96. The number of para-hydroxylation sites is 1. The van der Waals surface area contributed by atoms with Crippen LogP contribution in [0.2, 0.25) is 0 Å². The van der Waals surface area contributed by atoms with Gasteiger partial charge in [0.2, 0.25) is 11.8 Å². The molecule has 0 aromatic heterocycles. The largest absolute Gasteiger partial charge is 0.507 e. The summed E-state index contributed by atoms with van der Waals surface area (Å²) in [7, 11) is 2.77. The van der Waals surface area contributed by atoms with Gasteiger partial charge in [0.15, 0.2) is 9.75 Å². The number of allylic oxidation sites excluding steroid dienone is 2. The minimum atomic E-state index is -2.24. The number of methoxy groups -OCH3 is 2. The van der Waals surface area contributed by atoms with Crippen LogP contribution in [0.15, 0.2) is 78.4 Å². The number of fused-ring (bicyclic) bond motifs is 4. The van der Waals surface area contributed by atoms with E-state index in [0.29, 0.717) is 11.3 Å². The molecule has 2 aliphatic carbocycles. The quantitative estimate of drug-likeness (QED) is 0.223. The third kappa shape index (κ3) is 3.92. The molecule has 2 heterocycles. The number of phenolic OH excluding ortho intramolecular Hbond substituents is 1. The first kappa shape index (κ1) is 30.3. The zero-order chi connectivity index (χ0) is 32.7. The van der Waals surface area contributed by atoms with Gasteiger partial charge in [0, 0.05) is 23.6 Å². The van der Waals surface area contributed by atoms with Crippen molar-refractivity contribution in [3.63, 3.8) is 0 Å². The smallest absolute Gasteiger partial charge is 0.258 e. The number of aromatic hydroxyl groups is 1. The number of anilines is 2. The highest BCUT2D eigenvalue weighted by molar-refractivity contribution is 6.58. The molecule has 0 bridgehead atoms. The fraction of sp³-hybridized carbons (Fsp3) is 0.294. The normalized spacial score (nSPS) is 30.2. The van der Waals surface area contributed by atoms with E-state index in [0.717, 1.165) is 21.9 Å². The lowest BCUT2D eigenvalue weighted by molar-refractivity contribution is -0.125. The summed E-state index contributed by atoms with van der Waals surface area (Å²) >= 11 is 14.8. The third-order valence-electron chi connectivity index (χ3n) is 9.75. The Kier molecular flexibility index (Phi) is 6.95. The lowest BCUT2D eigenvalue weighted by atomic mass is 9.56. The minimum Gasteiger partial charge on any atom is -0.507 e. The topological polar surface area (TPSA) is 113 Å². The van der Waals surface area contributed by atoms with Gasteiger partial charge in [0.25, 0.3) is 11.8 Å². The van der Waals surface area contributed by atoms with Crippen molar-refractivity contribution >= 4 is 58.2 Å². The SMILES string of the molecule is COc1cc(O)c([C@H]2C3=CC[C@@H]4C(=O)N(c5ccccc5)C(=O)[C@@H]4[C@@H]3C[C@@]3(Cl)C(=O)N(c4ccc(F)cc4)C(=O)[C@@]23Cl)c(OC)c1. The van der Waals surface area contributed by atoms with Crippen molar-refractivity contribution in [1.29, 1.82) is 0 Å². The first-order chi connectivity index (χ1) is 22.0. The fourth-order valence-electron chi connectivity index (χ4n) is 7.71. The summed E-state index contributed by atoms with van der Waals surface area (Å²) in [5, 5.41) is 11.5. The van der Waals surface area contributed by atoms with Gasteiger partial charge in [0.05, 0.1) is 37.4 Å². The molecule has 0 unspecified atom stereocenters. The fourth-order valence-corrected chi connectivity index (χ4v) is 8.63. The number of halogens is 3. The second-order valence-corrected chi connectivity index (χ2v) is 13.1. The number of hydrogen-bond donors (Lipinski definition) is 1. The number of carbonyl (C=O) groups is 4. The van der Waals surface area contributed by atoms with Gasteiger partial charge in [-0.2, -0.15) is 0 Å². The van der Waals surface area contributed by atoms with E-state index in [1.54, 1.807) is 36.4 Å². The van der Waals surface area contributed by atoms with Gasteiger partial charge in [0.1, 0.15) is 23.1 Å². The molecule has 3 fully saturated rings. The molecule has 4 amide bonds. The van der Waals surface area contributed by atoms with Crippen molar-refractivity contribution in [2.24, 2.45) is 17.8 Å². The van der Waals surface area contributed by atoms with Gasteiger partial charge in [-0.1, -0.05) is 29.8 Å². The summed E-state index contributed by atoms with van der Waals surface area (Å²) in [6.07, 6.45) is 1.65. The average Bonchev–Trinajstić information content (AvgIpc) is 3.39. The maximum Gasteiger partial charge on any atom is 0.258 e. The predicted octanol–water partition coefficient (Wildman–Crippen LogP) is 5.32. The molecule has 1 N–H and O–H groups in total. The Morgan fingerprint density at radius 3 is 2.17 bits per heavy atom. The minimum absolute atomic E-state index is 0.0488. The molecule has 0 spiro atoms. The molecule has 6 atom stereocenters. The van der Waals surface area contributed by atoms with Crippen LogP contribution in [0.4, 0.5) is 15.8 Å². The zero-order valence-corrected chi connectivity index (χ0v) is 26.1. The van der Waals surface area contributed by atoms with Gasteiger partial charge in [-0.25, -0.2) is 9.29 Å². The van der Waals surface area contributed by atoms with Gasteiger partial charge < -0.3 is 14.6 Å². The molecule has 2 aliphatic heterocycles. The van der Waals surface area contributed by atoms with Crippen molar-refractivity contribution in [2.45, 2.75) is 28.5 Å². The van der Waals surface area contributed by atoms with Crippen LogP contribution in [0.5, 0.6) is 17.2 Å². The van der Waals surface area contributed by atoms with Crippen LogP contribution < -0.4 is 19.3 Å². The monoisotopic (exact) mass is 664 g/mol. The van der Waals surface area contributed by atoms with Crippen LogP contribution in [0.1, 0.15) is 24.3 Å². The highest BCUT2D eigenvalue weighted by Crippen LogP contribution is 2.67. The summed E-state index contributed by atoms with van der Waals surface area (Å²) in [6, 6.07) is 16.1. The number of carbonyl (C=O) groups excluding carboxylic acids is 4. The molecule has 7 rings (SSSR count). The number of amides is 4. The summed E-state index contributed by atoms with van der Waals surface area (Å²) in [4.78, 5) is 54.4. The molecular formula is C34H27Cl2FN2O7. The van der Waals surface area contributed by atoms with Crippen molar-refractivity contribution < 1.29 is 38.1 Å². The van der Waals surface area contributed by atoms with Crippen LogP contribution in [0.3, 0.4) is 0 Å². The van der Waals surface area contributed by atoms with Crippen molar-refractivity contribution in [1.82, 2.24) is 0 Å². The summed E-state index contributed by atoms with van der Waals surface area (Å²) in [6.45, 7) is 0. The summed E-state index contributed by atoms with van der Waals surface area (Å²) in [5.41, 5.74) is 1.01. The lowest BCUT2D eigenvalue weighted by Crippen LogP contribution is -2.60. The maximum atomic E-state index is 14.5. The van der Waals surface area contributed by atoms with E-state index in [4.69, 9.17) is 32.7 Å². The molecule has 12 heteroatoms. The van der Waals surface area contributed by atoms with Crippen LogP contribution in [-0.4, -0.2) is 52.7 Å². The van der Waals surface area contributed by atoms with E-state index in [1.807, 2.05) is 0 Å². The summed E-state index contributed by atoms with van der Waals surface area (Å²) < 4.78 is 24.9. The molecule has 3 aromatic carbocycles. The second-order valence-electron chi connectivity index (χ2n) is 11.9. The molecule has 1 saturated carbocycles. The highest BCUT2D eigenvalue weighted by Gasteiger charge is 2.77. The molecule has 236 valence electrons. The van der Waals surface area contributed by atoms with Crippen molar-refractivity contribution in [3.8, 4) is 17.2 Å². The first-order valence-electron chi connectivity index (χ1n) is 14.6. The van der Waals surface area contributed by atoms with Crippen LogP contribution in [0.25, 0.3) is 0 Å². The number of benzene rings is 3. The predicted molar refractivity (Wildman–Crippen MR) is 167 cm³/mol. The average molecular weight is 666 g/mol. The molecule has 3 aromatic rings. The van der Waals surface area contributed by atoms with E-state index in [9.17, 15) is 28.7 Å². The van der Waals surface area contributed by atoms with Gasteiger partial charge in [-0.15, -0.1) is 23.2 Å². The van der Waals surface area contributed by atoms with E-state index >= 15 is 0 Å². The van der Waals surface area contributed by atoms with Crippen LogP contribution in [-0.2, 0) is 19.2 Å². The molecule has 2 saturated heterocycles. The maximum absolute atomic E-state index is 14.5. The van der Waals surface area contributed by atoms with Gasteiger partial charge in [-0.05, 0) is 55.2 Å². The number of alkyl halides is 2. The Morgan fingerprint density at radius 1 is 0.848 bits per heavy atom. The number of rotatable bonds is 5. The zero-order valence-electron chi connectivity index (χ0n) is 24.6. The second kappa shape index (κ2) is 10.6. The third-order valence-corrected chi connectivity index (χ3v) is 11.2. The Bertz CT molecular complexity index is 1850. The van der Waals surface area contributed by atoms with E-state index < -0.39 is 57.0 Å². The van der Waals surface area contributed by atoms with Crippen LogP contribution >= 0.6 is 23.2 Å². The van der Waals surface area contributed by atoms with Crippen LogP contribution in [0, 0.1) is 23.6 Å². The van der Waals surface area contributed by atoms with Crippen molar-refractivity contribution in [2.75, 3.05) is 24.0 Å². The van der Waals surface area contributed by atoms with Crippen molar-refractivity contribution in [3.05, 3.63) is 89.8 Å². The Hall–Kier alpha value is -4.41. The molecule has 46 heavy (non-hydrogen) atoms. The van der Waals surface area contributed by atoms with E-state index in [-0.39, 0.29) is 47.2 Å². The molecule has 9 nitrogen and oxygen atoms in total. The standard InChI is InChI=1S/C34H27Cl2FN2O7/c1-45-20-14-24(40)27(25(15-20)46-2)28-21-12-13-22-26(30(42)38(29(22)41)18-6-4-3-5-7-18)23(21)16-33(35)31(43)39(32(44)34(28,33)36)19-10-8-17(37)9-11-19/h3-12,14-15,22-23,26,28,40H,13,16H2,1-2H3/t22-,23+,26-,28+,33+,34-/m0/s1. The number of ether oxygens (including phenoxy) is 2. The molecule has 4 aliphatic rings. The number of hydrogen-bond acceptors (Lipinski definition) is 7. The first-order valence-corrected chi connectivity index (χ1v) is 15.3. The van der Waals surface area contributed by atoms with E-state index in [2.05, 4.69) is 0 Å². The highest BCUT2D eigenvalue weighted by atomic mass is 35.5. The molecule has 0 radical (unpaired) electrons. The number of phenols is 1. The van der Waals surface area contributed by atoms with E-state index in [1.165, 1.54) is 38.5 Å². The van der Waals surface area contributed by atoms with Gasteiger partial charge >= 0.3 is 0 Å². The number of imide groups is 2.